The molecule has 1 saturated heterocycles. The van der Waals surface area contributed by atoms with Crippen LogP contribution in [0.15, 0.2) is 34.3 Å². The highest BCUT2D eigenvalue weighted by Gasteiger charge is 2.33. The molecule has 1 aromatic rings. The second kappa shape index (κ2) is 8.52. The highest BCUT2D eigenvalue weighted by atomic mass is 32.2. The minimum Gasteiger partial charge on any atom is -0.273 e. The van der Waals surface area contributed by atoms with Gasteiger partial charge in [-0.1, -0.05) is 24.6 Å². The van der Waals surface area contributed by atoms with Crippen LogP contribution in [-0.2, 0) is 14.8 Å². The fourth-order valence-electron chi connectivity index (χ4n) is 3.67. The molecule has 2 aliphatic rings. The Bertz CT molecular complexity index is 792. The second-order valence-electron chi connectivity index (χ2n) is 7.85. The van der Waals surface area contributed by atoms with Crippen LogP contribution >= 0.6 is 0 Å². The molecule has 0 bridgehead atoms. The number of carbonyl (C=O) groups is 1. The Morgan fingerprint density at radius 3 is 2.48 bits per heavy atom. The first-order valence-electron chi connectivity index (χ1n) is 9.78. The van der Waals surface area contributed by atoms with Gasteiger partial charge < -0.3 is 0 Å². The SMILES string of the molecule is Cc1ccc(S(=O)(=O)N2CCC[C@@H](C(=O)NN=C3CCC(C)CC3)C2)cc1. The van der Waals surface area contributed by atoms with Crippen molar-refractivity contribution in [3.05, 3.63) is 29.8 Å². The van der Waals surface area contributed by atoms with Crippen LogP contribution in [0.2, 0.25) is 0 Å². The Hall–Kier alpha value is -1.73. The predicted molar refractivity (Wildman–Crippen MR) is 106 cm³/mol. The van der Waals surface area contributed by atoms with Crippen molar-refractivity contribution < 1.29 is 13.2 Å². The van der Waals surface area contributed by atoms with E-state index in [4.69, 9.17) is 0 Å². The summed E-state index contributed by atoms with van der Waals surface area (Å²) in [6.45, 7) is 4.82. The van der Waals surface area contributed by atoms with Crippen LogP contribution in [0.1, 0.15) is 51.0 Å². The average Bonchev–Trinajstić information content (AvgIpc) is 2.68. The summed E-state index contributed by atoms with van der Waals surface area (Å²) in [4.78, 5) is 12.8. The summed E-state index contributed by atoms with van der Waals surface area (Å²) in [5, 5.41) is 4.30. The van der Waals surface area contributed by atoms with Gasteiger partial charge in [0.1, 0.15) is 0 Å². The molecule has 148 valence electrons. The van der Waals surface area contributed by atoms with Gasteiger partial charge in [0.25, 0.3) is 0 Å². The van der Waals surface area contributed by atoms with Gasteiger partial charge in [-0.15, -0.1) is 0 Å². The first-order valence-corrected chi connectivity index (χ1v) is 11.2. The largest absolute Gasteiger partial charge is 0.273 e. The number of rotatable bonds is 4. The molecule has 0 unspecified atom stereocenters. The Morgan fingerprint density at radius 1 is 1.15 bits per heavy atom. The minimum atomic E-state index is -3.57. The fourth-order valence-corrected chi connectivity index (χ4v) is 5.19. The van der Waals surface area contributed by atoms with Crippen molar-refractivity contribution in [1.82, 2.24) is 9.73 Å². The Balaban J connectivity index is 1.62. The van der Waals surface area contributed by atoms with Gasteiger partial charge >= 0.3 is 0 Å². The van der Waals surface area contributed by atoms with Crippen LogP contribution in [0.5, 0.6) is 0 Å². The van der Waals surface area contributed by atoms with Gasteiger partial charge in [0, 0.05) is 18.8 Å². The molecule has 1 amide bonds. The maximum Gasteiger partial charge on any atom is 0.244 e. The van der Waals surface area contributed by atoms with Crippen LogP contribution in [0.25, 0.3) is 0 Å². The van der Waals surface area contributed by atoms with Gasteiger partial charge in [-0.25, -0.2) is 13.8 Å². The molecular formula is C20H29N3O3S. The Morgan fingerprint density at radius 2 is 1.81 bits per heavy atom. The summed E-state index contributed by atoms with van der Waals surface area (Å²) < 4.78 is 27.2. The van der Waals surface area contributed by atoms with E-state index in [0.717, 1.165) is 42.9 Å². The number of hydrogen-bond acceptors (Lipinski definition) is 4. The summed E-state index contributed by atoms with van der Waals surface area (Å²) >= 11 is 0. The molecule has 27 heavy (non-hydrogen) atoms. The Labute approximate surface area is 162 Å². The van der Waals surface area contributed by atoms with Gasteiger partial charge in [0.15, 0.2) is 0 Å². The molecule has 1 aliphatic heterocycles. The van der Waals surface area contributed by atoms with E-state index in [1.54, 1.807) is 24.3 Å². The van der Waals surface area contributed by atoms with Gasteiger partial charge in [-0.05, 0) is 63.5 Å². The molecule has 7 heteroatoms. The zero-order valence-electron chi connectivity index (χ0n) is 16.1. The number of carbonyl (C=O) groups excluding carboxylic acids is 1. The zero-order chi connectivity index (χ0) is 19.4. The topological polar surface area (TPSA) is 78.8 Å². The number of nitrogens with zero attached hydrogens (tertiary/aromatic N) is 2. The fraction of sp³-hybridized carbons (Fsp3) is 0.600. The molecular weight excluding hydrogens is 362 g/mol. The predicted octanol–water partition coefficient (Wildman–Crippen LogP) is 3.08. The first-order chi connectivity index (χ1) is 12.9. The molecule has 1 aromatic carbocycles. The summed E-state index contributed by atoms with van der Waals surface area (Å²) in [5.41, 5.74) is 4.74. The van der Waals surface area contributed by atoms with Gasteiger partial charge in [-0.2, -0.15) is 9.41 Å². The quantitative estimate of drug-likeness (QED) is 0.801. The summed E-state index contributed by atoms with van der Waals surface area (Å²) in [6.07, 6.45) is 5.45. The van der Waals surface area contributed by atoms with Crippen molar-refractivity contribution >= 4 is 21.6 Å². The lowest BCUT2D eigenvalue weighted by atomic mass is 9.89. The van der Waals surface area contributed by atoms with E-state index in [0.29, 0.717) is 19.4 Å². The lowest BCUT2D eigenvalue weighted by Crippen LogP contribution is -2.44. The number of benzene rings is 1. The van der Waals surface area contributed by atoms with Crippen LogP contribution in [0.3, 0.4) is 0 Å². The molecule has 1 heterocycles. The zero-order valence-corrected chi connectivity index (χ0v) is 17.0. The number of hydrogen-bond donors (Lipinski definition) is 1. The number of hydrazone groups is 1. The average molecular weight is 392 g/mol. The van der Waals surface area contributed by atoms with E-state index in [1.807, 2.05) is 6.92 Å². The van der Waals surface area contributed by atoms with Crippen LogP contribution in [-0.4, -0.2) is 37.4 Å². The third-order valence-electron chi connectivity index (χ3n) is 5.59. The molecule has 1 N–H and O–H groups in total. The molecule has 0 aromatic heterocycles. The van der Waals surface area contributed by atoms with Crippen molar-refractivity contribution in [2.45, 2.75) is 57.3 Å². The molecule has 1 atom stereocenters. The maximum absolute atomic E-state index is 12.9. The molecule has 6 nitrogen and oxygen atoms in total. The number of piperidine rings is 1. The first kappa shape index (κ1) is 20.0. The number of amides is 1. The van der Waals surface area contributed by atoms with Crippen LogP contribution in [0.4, 0.5) is 0 Å². The minimum absolute atomic E-state index is 0.176. The Kier molecular flexibility index (Phi) is 6.32. The van der Waals surface area contributed by atoms with Crippen molar-refractivity contribution in [2.24, 2.45) is 16.9 Å². The maximum atomic E-state index is 12.9. The summed E-state index contributed by atoms with van der Waals surface area (Å²) in [5.74, 6) is 0.189. The van der Waals surface area contributed by atoms with Crippen molar-refractivity contribution in [3.8, 4) is 0 Å². The molecule has 0 spiro atoms. The molecule has 1 aliphatic carbocycles. The summed E-state index contributed by atoms with van der Waals surface area (Å²) in [6, 6.07) is 6.85. The lowest BCUT2D eigenvalue weighted by Gasteiger charge is -2.31. The smallest absolute Gasteiger partial charge is 0.244 e. The highest BCUT2D eigenvalue weighted by molar-refractivity contribution is 7.89. The van der Waals surface area contributed by atoms with E-state index in [-0.39, 0.29) is 23.3 Å². The monoisotopic (exact) mass is 391 g/mol. The lowest BCUT2D eigenvalue weighted by molar-refractivity contribution is -0.126. The number of aryl methyl sites for hydroxylation is 1. The molecule has 0 radical (unpaired) electrons. The molecule has 3 rings (SSSR count). The number of sulfonamides is 1. The van der Waals surface area contributed by atoms with E-state index in [9.17, 15) is 13.2 Å². The van der Waals surface area contributed by atoms with E-state index in [1.165, 1.54) is 4.31 Å². The molecule has 2 fully saturated rings. The van der Waals surface area contributed by atoms with Crippen molar-refractivity contribution in [2.75, 3.05) is 13.1 Å². The standard InChI is InChI=1S/C20H29N3O3S/c1-15-5-9-18(10-6-15)21-22-20(24)17-4-3-13-23(14-17)27(25,26)19-11-7-16(2)8-12-19/h7-8,11-12,15,17H,3-6,9-10,13-14H2,1-2H3,(H,22,24)/t15?,17-/m1/s1. The molecule has 1 saturated carbocycles. The van der Waals surface area contributed by atoms with Gasteiger partial charge in [0.05, 0.1) is 10.8 Å². The van der Waals surface area contributed by atoms with E-state index >= 15 is 0 Å². The third-order valence-corrected chi connectivity index (χ3v) is 7.47. The van der Waals surface area contributed by atoms with E-state index < -0.39 is 10.0 Å². The van der Waals surface area contributed by atoms with Crippen LogP contribution in [0, 0.1) is 18.8 Å². The van der Waals surface area contributed by atoms with Crippen LogP contribution < -0.4 is 5.43 Å². The van der Waals surface area contributed by atoms with Gasteiger partial charge in [-0.3, -0.25) is 4.79 Å². The second-order valence-corrected chi connectivity index (χ2v) is 9.79. The third kappa shape index (κ3) is 4.96. The van der Waals surface area contributed by atoms with E-state index in [2.05, 4.69) is 17.5 Å². The normalized spacial score (nSPS) is 24.4. The van der Waals surface area contributed by atoms with Crippen molar-refractivity contribution in [1.29, 1.82) is 0 Å². The van der Waals surface area contributed by atoms with Gasteiger partial charge in [0.2, 0.25) is 15.9 Å². The highest BCUT2D eigenvalue weighted by Crippen LogP contribution is 2.25. The summed E-state index contributed by atoms with van der Waals surface area (Å²) in [7, 11) is -3.57. The number of nitrogens with one attached hydrogen (secondary N) is 1. The van der Waals surface area contributed by atoms with Crippen molar-refractivity contribution in [3.63, 3.8) is 0 Å².